The molecule has 0 aliphatic carbocycles. The molecule has 0 saturated carbocycles. The van der Waals surface area contributed by atoms with Crippen LogP contribution in [0.15, 0.2) is 18.3 Å². The average molecular weight is 230 g/mol. The first-order valence-electron chi connectivity index (χ1n) is 4.77. The molecule has 86 valence electrons. The maximum atomic E-state index is 12.7. The summed E-state index contributed by atoms with van der Waals surface area (Å²) >= 11 is 0. The van der Waals surface area contributed by atoms with Gasteiger partial charge in [0.2, 0.25) is 5.91 Å². The number of carbonyl (C=O) groups excluding carboxylic acids is 1. The van der Waals surface area contributed by atoms with Gasteiger partial charge < -0.3 is 5.32 Å². The molecule has 2 rings (SSSR count). The maximum absolute atomic E-state index is 12.7. The smallest absolute Gasteiger partial charge is 0.355 e. The minimum Gasteiger partial charge on any atom is -0.355 e. The van der Waals surface area contributed by atoms with Gasteiger partial charge in [0.15, 0.2) is 0 Å². The van der Waals surface area contributed by atoms with Gasteiger partial charge in [-0.3, -0.25) is 9.78 Å². The second-order valence-electron chi connectivity index (χ2n) is 3.64. The van der Waals surface area contributed by atoms with Crippen molar-refractivity contribution in [2.45, 2.75) is 18.5 Å². The molecular weight excluding hydrogens is 221 g/mol. The number of halogens is 3. The molecule has 0 radical (unpaired) electrons. The molecule has 1 amide bonds. The molecule has 0 bridgehead atoms. The van der Waals surface area contributed by atoms with Crippen LogP contribution >= 0.6 is 0 Å². The molecule has 6 heteroatoms. The maximum Gasteiger partial charge on any atom is 0.418 e. The largest absolute Gasteiger partial charge is 0.418 e. The van der Waals surface area contributed by atoms with E-state index in [0.717, 1.165) is 6.07 Å². The summed E-state index contributed by atoms with van der Waals surface area (Å²) in [4.78, 5) is 14.7. The molecule has 1 aliphatic heterocycles. The average Bonchev–Trinajstić information content (AvgIpc) is 2.64. The minimum atomic E-state index is -4.42. The predicted molar refractivity (Wildman–Crippen MR) is 49.6 cm³/mol. The van der Waals surface area contributed by atoms with Crippen LogP contribution in [-0.2, 0) is 11.0 Å². The lowest BCUT2D eigenvalue weighted by molar-refractivity contribution is -0.138. The number of carbonyl (C=O) groups is 1. The number of hydrogen-bond acceptors (Lipinski definition) is 2. The quantitative estimate of drug-likeness (QED) is 0.797. The van der Waals surface area contributed by atoms with Crippen LogP contribution in [0.2, 0.25) is 0 Å². The SMILES string of the molecule is O=C1CC(c2ncccc2C(F)(F)F)CN1. The topological polar surface area (TPSA) is 42.0 Å². The van der Waals surface area contributed by atoms with Gasteiger partial charge in [-0.2, -0.15) is 13.2 Å². The van der Waals surface area contributed by atoms with Gasteiger partial charge >= 0.3 is 6.18 Å². The molecule has 1 fully saturated rings. The second-order valence-corrected chi connectivity index (χ2v) is 3.64. The molecule has 1 unspecified atom stereocenters. The summed E-state index contributed by atoms with van der Waals surface area (Å²) < 4.78 is 38.0. The van der Waals surface area contributed by atoms with E-state index < -0.39 is 17.7 Å². The molecule has 0 spiro atoms. The molecular formula is C10H9F3N2O. The van der Waals surface area contributed by atoms with Gasteiger partial charge in [0.25, 0.3) is 0 Å². The third-order valence-electron chi connectivity index (χ3n) is 2.51. The highest BCUT2D eigenvalue weighted by atomic mass is 19.4. The van der Waals surface area contributed by atoms with Crippen LogP contribution in [0.1, 0.15) is 23.6 Å². The number of pyridine rings is 1. The highest BCUT2D eigenvalue weighted by Crippen LogP contribution is 2.35. The van der Waals surface area contributed by atoms with Crippen LogP contribution < -0.4 is 5.32 Å². The highest BCUT2D eigenvalue weighted by Gasteiger charge is 2.37. The van der Waals surface area contributed by atoms with E-state index in [2.05, 4.69) is 10.3 Å². The van der Waals surface area contributed by atoms with Crippen molar-refractivity contribution in [3.8, 4) is 0 Å². The zero-order valence-corrected chi connectivity index (χ0v) is 8.21. The van der Waals surface area contributed by atoms with Gasteiger partial charge in [-0.05, 0) is 12.1 Å². The fourth-order valence-electron chi connectivity index (χ4n) is 1.78. The Morgan fingerprint density at radius 1 is 1.44 bits per heavy atom. The van der Waals surface area contributed by atoms with Crippen molar-refractivity contribution in [1.82, 2.24) is 10.3 Å². The van der Waals surface area contributed by atoms with Crippen molar-refractivity contribution in [3.05, 3.63) is 29.6 Å². The zero-order chi connectivity index (χ0) is 11.8. The van der Waals surface area contributed by atoms with Gasteiger partial charge in [-0.15, -0.1) is 0 Å². The number of rotatable bonds is 1. The summed E-state index contributed by atoms with van der Waals surface area (Å²) in [6.07, 6.45) is -3.04. The normalized spacial score (nSPS) is 20.9. The number of nitrogens with zero attached hydrogens (tertiary/aromatic N) is 1. The molecule has 3 nitrogen and oxygen atoms in total. The predicted octanol–water partition coefficient (Wildman–Crippen LogP) is 1.70. The van der Waals surface area contributed by atoms with Crippen LogP contribution in [-0.4, -0.2) is 17.4 Å². The summed E-state index contributed by atoms with van der Waals surface area (Å²) in [5, 5.41) is 2.50. The Kier molecular flexibility index (Phi) is 2.57. The standard InChI is InChI=1S/C10H9F3N2O/c11-10(12,13)7-2-1-3-14-9(7)6-4-8(16)15-5-6/h1-3,6H,4-5H2,(H,15,16). The minimum absolute atomic E-state index is 0.0478. The Hall–Kier alpha value is -1.59. The van der Waals surface area contributed by atoms with Crippen molar-refractivity contribution >= 4 is 5.91 Å². The Morgan fingerprint density at radius 3 is 2.75 bits per heavy atom. The van der Waals surface area contributed by atoms with E-state index in [1.807, 2.05) is 0 Å². The van der Waals surface area contributed by atoms with Crippen molar-refractivity contribution in [3.63, 3.8) is 0 Å². The van der Waals surface area contributed by atoms with Crippen molar-refractivity contribution in [2.75, 3.05) is 6.54 Å². The van der Waals surface area contributed by atoms with Crippen LogP contribution in [0.25, 0.3) is 0 Å². The number of alkyl halides is 3. The summed E-state index contributed by atoms with van der Waals surface area (Å²) in [7, 11) is 0. The second kappa shape index (κ2) is 3.77. The van der Waals surface area contributed by atoms with Gasteiger partial charge in [0.05, 0.1) is 11.3 Å². The van der Waals surface area contributed by atoms with Gasteiger partial charge in [-0.1, -0.05) is 0 Å². The number of amides is 1. The first kappa shape index (κ1) is 10.9. The monoisotopic (exact) mass is 230 g/mol. The van der Waals surface area contributed by atoms with Crippen LogP contribution in [0.5, 0.6) is 0 Å². The van der Waals surface area contributed by atoms with E-state index in [1.54, 1.807) is 0 Å². The highest BCUT2D eigenvalue weighted by molar-refractivity contribution is 5.79. The lowest BCUT2D eigenvalue weighted by Gasteiger charge is -2.14. The Balaban J connectivity index is 2.37. The van der Waals surface area contributed by atoms with Gasteiger partial charge in [0.1, 0.15) is 0 Å². The summed E-state index contributed by atoms with van der Waals surface area (Å²) in [6.45, 7) is 0.221. The van der Waals surface area contributed by atoms with E-state index in [1.165, 1.54) is 12.3 Å². The third-order valence-corrected chi connectivity index (χ3v) is 2.51. The van der Waals surface area contributed by atoms with E-state index in [0.29, 0.717) is 0 Å². The molecule has 1 aromatic heterocycles. The lowest BCUT2D eigenvalue weighted by atomic mass is 9.99. The molecule has 2 heterocycles. The molecule has 1 aromatic rings. The number of aromatic nitrogens is 1. The van der Waals surface area contributed by atoms with Crippen LogP contribution in [0.4, 0.5) is 13.2 Å². The van der Waals surface area contributed by atoms with Crippen molar-refractivity contribution < 1.29 is 18.0 Å². The number of nitrogens with one attached hydrogen (secondary N) is 1. The molecule has 1 N–H and O–H groups in total. The first-order chi connectivity index (χ1) is 7.48. The molecule has 1 saturated heterocycles. The first-order valence-corrected chi connectivity index (χ1v) is 4.77. The van der Waals surface area contributed by atoms with E-state index in [4.69, 9.17) is 0 Å². The third kappa shape index (κ3) is 2.00. The summed E-state index contributed by atoms with van der Waals surface area (Å²) in [5.41, 5.74) is -0.801. The van der Waals surface area contributed by atoms with E-state index in [-0.39, 0.29) is 24.6 Å². The molecule has 16 heavy (non-hydrogen) atoms. The summed E-state index contributed by atoms with van der Waals surface area (Å²) in [6, 6.07) is 2.24. The fraction of sp³-hybridized carbons (Fsp3) is 0.400. The van der Waals surface area contributed by atoms with E-state index >= 15 is 0 Å². The number of hydrogen-bond donors (Lipinski definition) is 1. The fourth-order valence-corrected chi connectivity index (χ4v) is 1.78. The Morgan fingerprint density at radius 2 is 2.19 bits per heavy atom. The molecule has 1 aliphatic rings. The van der Waals surface area contributed by atoms with Crippen molar-refractivity contribution in [2.24, 2.45) is 0 Å². The van der Waals surface area contributed by atoms with E-state index in [9.17, 15) is 18.0 Å². The van der Waals surface area contributed by atoms with Crippen molar-refractivity contribution in [1.29, 1.82) is 0 Å². The molecule has 0 aromatic carbocycles. The van der Waals surface area contributed by atoms with Gasteiger partial charge in [-0.25, -0.2) is 0 Å². The van der Waals surface area contributed by atoms with Gasteiger partial charge in [0, 0.05) is 25.1 Å². The molecule has 1 atom stereocenters. The van der Waals surface area contributed by atoms with Crippen LogP contribution in [0, 0.1) is 0 Å². The lowest BCUT2D eigenvalue weighted by Crippen LogP contribution is -2.16. The summed E-state index contributed by atoms with van der Waals surface area (Å²) in [5.74, 6) is -0.714. The Labute approximate surface area is 89.7 Å². The zero-order valence-electron chi connectivity index (χ0n) is 8.21. The van der Waals surface area contributed by atoms with Crippen LogP contribution in [0.3, 0.4) is 0 Å². The Bertz CT molecular complexity index is 417.